The predicted octanol–water partition coefficient (Wildman–Crippen LogP) is -1.02. The third-order valence-corrected chi connectivity index (χ3v) is 0.724. The van der Waals surface area contributed by atoms with E-state index in [9.17, 15) is 0 Å². The molecule has 1 heterocycles. The number of nitrogens with one attached hydrogen (secondary N) is 1. The van der Waals surface area contributed by atoms with Crippen LogP contribution < -0.4 is 4.04 Å². The quantitative estimate of drug-likeness (QED) is 0.514. The molecule has 1 rings (SSSR count). The van der Waals surface area contributed by atoms with Crippen LogP contribution in [0.4, 0.5) is 0 Å². The van der Waals surface area contributed by atoms with Crippen LogP contribution in [0, 0.1) is 0 Å². The second kappa shape index (κ2) is 1.55. The van der Waals surface area contributed by atoms with Crippen LogP contribution in [0.3, 0.4) is 0 Å². The van der Waals surface area contributed by atoms with Gasteiger partial charge in [0, 0.05) is 0 Å². The van der Waals surface area contributed by atoms with Gasteiger partial charge >= 0.3 is 46.6 Å². The number of aromatic amines is 1. The summed E-state index contributed by atoms with van der Waals surface area (Å²) >= 11 is 3.04. The van der Waals surface area contributed by atoms with E-state index >= 15 is 0 Å². The number of rotatable bonds is 0. The zero-order valence-corrected chi connectivity index (χ0v) is 4.26. The van der Waals surface area contributed by atoms with Gasteiger partial charge in [-0.05, 0) is 0 Å². The van der Waals surface area contributed by atoms with Gasteiger partial charge in [0.1, 0.15) is 0 Å². The van der Waals surface area contributed by atoms with Crippen molar-refractivity contribution in [2.75, 3.05) is 0 Å². The third kappa shape index (κ3) is 0.680. The second-order valence-corrected chi connectivity index (χ2v) is 1.40. The first-order valence-corrected chi connectivity index (χ1v) is 2.11. The van der Waals surface area contributed by atoms with Crippen LogP contribution in [0.15, 0.2) is 6.33 Å². The van der Waals surface area contributed by atoms with E-state index in [0.29, 0.717) is 4.04 Å². The Morgan fingerprint density at radius 3 is 2.83 bits per heavy atom. The molecule has 4 heteroatoms. The first kappa shape index (κ1) is 4.05. The fourth-order valence-electron chi connectivity index (χ4n) is 0.183. The first-order chi connectivity index (χ1) is 2.89. The predicted molar refractivity (Wildman–Crippen MR) is 16.0 cm³/mol. The molecular weight excluding hydrogens is 174 g/mol. The fourth-order valence-corrected chi connectivity index (χ4v) is 0.375. The molecule has 0 aliphatic rings. The Bertz CT molecular complexity index is 112. The Kier molecular flexibility index (Phi) is 1.05. The number of hydrogen-bond donors (Lipinski definition) is 1. The minimum absolute atomic E-state index is 0.597. The van der Waals surface area contributed by atoms with Crippen molar-refractivity contribution in [3.63, 3.8) is 0 Å². The van der Waals surface area contributed by atoms with Gasteiger partial charge < -0.3 is 0 Å². The second-order valence-electron chi connectivity index (χ2n) is 0.734. The number of nitrogens with zero attached hydrogens (tertiary/aromatic N) is 2. The molecule has 36 valence electrons. The molecule has 0 radical (unpaired) electrons. The van der Waals surface area contributed by atoms with Crippen LogP contribution in [-0.4, -0.2) is 15.2 Å². The van der Waals surface area contributed by atoms with Gasteiger partial charge in [-0.25, -0.2) is 0 Å². The van der Waals surface area contributed by atoms with E-state index in [0.717, 1.165) is 0 Å². The van der Waals surface area contributed by atoms with Gasteiger partial charge in [-0.2, -0.15) is 0 Å². The van der Waals surface area contributed by atoms with E-state index in [4.69, 9.17) is 0 Å². The summed E-state index contributed by atoms with van der Waals surface area (Å²) in [4.78, 5) is 3.67. The summed E-state index contributed by atoms with van der Waals surface area (Å²) in [7, 11) is 0. The fraction of sp³-hybridized carbons (Fsp3) is 0. The van der Waals surface area contributed by atoms with E-state index in [-0.39, 0.29) is 0 Å². The molecule has 0 aliphatic heterocycles. The first-order valence-electron chi connectivity index (χ1n) is 1.37. The average Bonchev–Trinajstić information content (AvgIpc) is 1.86. The van der Waals surface area contributed by atoms with Crippen LogP contribution in [-0.2, 0) is 21.1 Å². The Morgan fingerprint density at radius 2 is 2.67 bits per heavy atom. The van der Waals surface area contributed by atoms with Gasteiger partial charge in [0.15, 0.2) is 0 Å². The van der Waals surface area contributed by atoms with Crippen LogP contribution >= 0.6 is 0 Å². The van der Waals surface area contributed by atoms with Crippen LogP contribution in [0.2, 0.25) is 0 Å². The zero-order chi connectivity index (χ0) is 4.41. The number of aromatic nitrogens is 3. The number of hydrogen-bond acceptors (Lipinski definition) is 2. The van der Waals surface area contributed by atoms with Gasteiger partial charge in [-0.1, -0.05) is 0 Å². The van der Waals surface area contributed by atoms with Crippen molar-refractivity contribution in [3.8, 4) is 0 Å². The molecular formula is C2H2AgN3. The molecule has 6 heavy (non-hydrogen) atoms. The molecule has 0 atom stereocenters. The third-order valence-electron chi connectivity index (χ3n) is 0.367. The van der Waals surface area contributed by atoms with Crippen LogP contribution in [0.1, 0.15) is 0 Å². The minimum atomic E-state index is 0.597. The van der Waals surface area contributed by atoms with Gasteiger partial charge in [-0.15, -0.1) is 0 Å². The maximum atomic E-state index is 3.67. The molecule has 0 aliphatic carbocycles. The van der Waals surface area contributed by atoms with Crippen molar-refractivity contribution in [1.29, 1.82) is 0 Å². The standard InChI is InChI=1S/C2H2N3.Ag/c1-3-2-5-4-1;/h1H,(H,3,4,5);. The molecule has 0 bridgehead atoms. The van der Waals surface area contributed by atoms with Gasteiger partial charge in [-0.3, -0.25) is 0 Å². The van der Waals surface area contributed by atoms with Crippen molar-refractivity contribution < 1.29 is 21.1 Å². The monoisotopic (exact) mass is 175 g/mol. The molecule has 3 nitrogen and oxygen atoms in total. The molecule has 0 saturated carbocycles. The summed E-state index contributed by atoms with van der Waals surface area (Å²) < 4.78 is 0.597. The zero-order valence-electron chi connectivity index (χ0n) is 2.77. The molecule has 1 N–H and O–H groups in total. The SMILES string of the molecule is [Ag][c]1nc[nH]n1. The summed E-state index contributed by atoms with van der Waals surface area (Å²) in [5, 5.41) is 6.12. The molecule has 1 aromatic heterocycles. The Labute approximate surface area is 47.1 Å². The molecule has 0 saturated heterocycles. The Balaban J connectivity index is 3.05. The number of H-pyrrole nitrogens is 1. The normalized spacial score (nSPS) is 9.00. The topological polar surface area (TPSA) is 41.6 Å². The van der Waals surface area contributed by atoms with Gasteiger partial charge in [0.2, 0.25) is 0 Å². The van der Waals surface area contributed by atoms with E-state index in [1.165, 1.54) is 6.33 Å². The van der Waals surface area contributed by atoms with Crippen molar-refractivity contribution >= 4 is 4.04 Å². The average molecular weight is 176 g/mol. The van der Waals surface area contributed by atoms with E-state index in [2.05, 4.69) is 36.2 Å². The van der Waals surface area contributed by atoms with E-state index in [1.807, 2.05) is 0 Å². The van der Waals surface area contributed by atoms with Crippen molar-refractivity contribution in [2.24, 2.45) is 0 Å². The van der Waals surface area contributed by atoms with Gasteiger partial charge in [0.05, 0.1) is 0 Å². The summed E-state index contributed by atoms with van der Waals surface area (Å²) in [5.74, 6) is 0. The summed E-state index contributed by atoms with van der Waals surface area (Å²) in [6.07, 6.45) is 1.50. The molecule has 1 aromatic rings. The Morgan fingerprint density at radius 1 is 1.83 bits per heavy atom. The van der Waals surface area contributed by atoms with Crippen molar-refractivity contribution in [1.82, 2.24) is 15.2 Å². The molecule has 0 aromatic carbocycles. The molecule has 0 spiro atoms. The molecule has 0 amide bonds. The van der Waals surface area contributed by atoms with Crippen molar-refractivity contribution in [2.45, 2.75) is 0 Å². The summed E-state index contributed by atoms with van der Waals surface area (Å²) in [5.41, 5.74) is 0. The summed E-state index contributed by atoms with van der Waals surface area (Å²) in [6, 6.07) is 0. The maximum absolute atomic E-state index is 3.67. The van der Waals surface area contributed by atoms with E-state index < -0.39 is 0 Å². The van der Waals surface area contributed by atoms with Gasteiger partial charge in [0.25, 0.3) is 0 Å². The van der Waals surface area contributed by atoms with Crippen LogP contribution in [0.25, 0.3) is 0 Å². The summed E-state index contributed by atoms with van der Waals surface area (Å²) in [6.45, 7) is 0. The van der Waals surface area contributed by atoms with Crippen LogP contribution in [0.5, 0.6) is 0 Å². The molecule has 0 fully saturated rings. The van der Waals surface area contributed by atoms with Crippen molar-refractivity contribution in [3.05, 3.63) is 6.33 Å². The Hall–Kier alpha value is -0.120. The van der Waals surface area contributed by atoms with E-state index in [1.54, 1.807) is 0 Å². The molecule has 0 unspecified atom stereocenters.